The van der Waals surface area contributed by atoms with Gasteiger partial charge < -0.3 is 0 Å². The SMILES string of the molecule is C[C]1C([SiH](C)C2=Cc3ccccc3[CH]2)=Cc2ccccc21. The van der Waals surface area contributed by atoms with Crippen molar-refractivity contribution >= 4 is 20.9 Å². The molecule has 1 heteroatoms. The first-order valence-corrected chi connectivity index (χ1v) is 9.85. The molecule has 2 aliphatic carbocycles. The van der Waals surface area contributed by atoms with Gasteiger partial charge in [-0.1, -0.05) is 84.5 Å². The van der Waals surface area contributed by atoms with Gasteiger partial charge in [0, 0.05) is 12.3 Å². The zero-order chi connectivity index (χ0) is 14.4. The fraction of sp³-hybridized carbons (Fsp3) is 0.100. The summed E-state index contributed by atoms with van der Waals surface area (Å²) in [4.78, 5) is 0. The summed E-state index contributed by atoms with van der Waals surface area (Å²) in [6.45, 7) is 4.74. The Hall–Kier alpha value is -1.86. The zero-order valence-electron chi connectivity index (χ0n) is 12.4. The Morgan fingerprint density at radius 3 is 2.14 bits per heavy atom. The van der Waals surface area contributed by atoms with Gasteiger partial charge in [-0.05, 0) is 22.3 Å². The molecule has 0 nitrogen and oxygen atoms in total. The summed E-state index contributed by atoms with van der Waals surface area (Å²) in [7, 11) is -1.11. The third-order valence-electron chi connectivity index (χ3n) is 4.72. The van der Waals surface area contributed by atoms with Crippen molar-refractivity contribution in [1.29, 1.82) is 0 Å². The molecule has 2 radical (unpaired) electrons. The van der Waals surface area contributed by atoms with Crippen molar-refractivity contribution < 1.29 is 0 Å². The maximum atomic E-state index is 2.45. The molecule has 4 rings (SSSR count). The first-order valence-electron chi connectivity index (χ1n) is 7.54. The van der Waals surface area contributed by atoms with Crippen LogP contribution in [0, 0.1) is 12.3 Å². The van der Waals surface area contributed by atoms with Crippen LogP contribution in [0.25, 0.3) is 12.2 Å². The van der Waals surface area contributed by atoms with E-state index in [4.69, 9.17) is 0 Å². The fourth-order valence-electron chi connectivity index (χ4n) is 3.45. The van der Waals surface area contributed by atoms with Gasteiger partial charge in [-0.15, -0.1) is 0 Å². The molecule has 21 heavy (non-hydrogen) atoms. The minimum atomic E-state index is -1.11. The average molecular weight is 286 g/mol. The third kappa shape index (κ3) is 2.04. The van der Waals surface area contributed by atoms with Gasteiger partial charge in [0.15, 0.2) is 0 Å². The summed E-state index contributed by atoms with van der Waals surface area (Å²) < 4.78 is 0. The molecule has 0 aromatic heterocycles. The van der Waals surface area contributed by atoms with E-state index in [1.54, 1.807) is 10.4 Å². The van der Waals surface area contributed by atoms with Crippen LogP contribution < -0.4 is 0 Å². The summed E-state index contributed by atoms with van der Waals surface area (Å²) >= 11 is 0. The minimum absolute atomic E-state index is 1.11. The van der Waals surface area contributed by atoms with Crippen LogP contribution in [0.2, 0.25) is 6.55 Å². The Bertz CT molecular complexity index is 767. The molecule has 0 bridgehead atoms. The lowest BCUT2D eigenvalue weighted by molar-refractivity contribution is 1.25. The minimum Gasteiger partial charge on any atom is -0.0706 e. The summed E-state index contributed by atoms with van der Waals surface area (Å²) in [5, 5.41) is 3.14. The van der Waals surface area contributed by atoms with Gasteiger partial charge in [0.05, 0.1) is 8.80 Å². The monoisotopic (exact) mass is 286 g/mol. The van der Waals surface area contributed by atoms with Crippen molar-refractivity contribution in [2.45, 2.75) is 13.5 Å². The van der Waals surface area contributed by atoms with Gasteiger partial charge in [-0.2, -0.15) is 0 Å². The van der Waals surface area contributed by atoms with E-state index in [2.05, 4.69) is 80.6 Å². The molecule has 0 fully saturated rings. The number of hydrogen-bond acceptors (Lipinski definition) is 0. The van der Waals surface area contributed by atoms with Crippen LogP contribution in [-0.2, 0) is 0 Å². The van der Waals surface area contributed by atoms with Crippen LogP contribution in [0.3, 0.4) is 0 Å². The lowest BCUT2D eigenvalue weighted by Crippen LogP contribution is -2.17. The molecule has 0 heterocycles. The van der Waals surface area contributed by atoms with Crippen LogP contribution in [0.4, 0.5) is 0 Å². The Kier molecular flexibility index (Phi) is 2.97. The molecule has 0 aliphatic heterocycles. The van der Waals surface area contributed by atoms with E-state index >= 15 is 0 Å². The van der Waals surface area contributed by atoms with E-state index in [1.807, 2.05) is 0 Å². The molecule has 0 saturated heterocycles. The van der Waals surface area contributed by atoms with Crippen molar-refractivity contribution in [2.24, 2.45) is 0 Å². The normalized spacial score (nSPS) is 18.0. The van der Waals surface area contributed by atoms with E-state index in [0.29, 0.717) is 0 Å². The topological polar surface area (TPSA) is 0 Å². The molecule has 0 amide bonds. The predicted molar refractivity (Wildman–Crippen MR) is 93.3 cm³/mol. The largest absolute Gasteiger partial charge is 0.0916 e. The summed E-state index contributed by atoms with van der Waals surface area (Å²) in [6, 6.07) is 17.4. The second kappa shape index (κ2) is 4.85. The highest BCUT2D eigenvalue weighted by molar-refractivity contribution is 6.76. The highest BCUT2D eigenvalue weighted by Crippen LogP contribution is 2.40. The lowest BCUT2D eigenvalue weighted by atomic mass is 10.0. The van der Waals surface area contributed by atoms with E-state index in [9.17, 15) is 0 Å². The van der Waals surface area contributed by atoms with Crippen LogP contribution in [0.1, 0.15) is 29.2 Å². The highest BCUT2D eigenvalue weighted by atomic mass is 28.3. The van der Waals surface area contributed by atoms with Crippen molar-refractivity contribution in [3.63, 3.8) is 0 Å². The average Bonchev–Trinajstić information content (AvgIpc) is 3.08. The van der Waals surface area contributed by atoms with E-state index in [-0.39, 0.29) is 0 Å². The van der Waals surface area contributed by atoms with Crippen LogP contribution in [0.15, 0.2) is 58.9 Å². The van der Waals surface area contributed by atoms with Gasteiger partial charge in [-0.3, -0.25) is 0 Å². The van der Waals surface area contributed by atoms with Gasteiger partial charge in [0.25, 0.3) is 0 Å². The number of rotatable bonds is 2. The molecular weight excluding hydrogens is 268 g/mol. The molecule has 2 aromatic carbocycles. The van der Waals surface area contributed by atoms with Gasteiger partial charge >= 0.3 is 0 Å². The Labute approximate surface area is 128 Å². The quantitative estimate of drug-likeness (QED) is 0.707. The fourth-order valence-corrected chi connectivity index (χ4v) is 5.90. The smallest absolute Gasteiger partial charge is 0.0706 e. The summed E-state index contributed by atoms with van der Waals surface area (Å²) in [5.41, 5.74) is 5.56. The maximum Gasteiger partial charge on any atom is 0.0916 e. The molecule has 2 aliphatic rings. The Morgan fingerprint density at radius 1 is 0.762 bits per heavy atom. The van der Waals surface area contributed by atoms with E-state index in [0.717, 1.165) is 0 Å². The number of hydrogen-bond donors (Lipinski definition) is 0. The molecule has 1 atom stereocenters. The second-order valence-corrected chi connectivity index (χ2v) is 8.68. The van der Waals surface area contributed by atoms with Crippen molar-refractivity contribution in [2.75, 3.05) is 0 Å². The van der Waals surface area contributed by atoms with E-state index < -0.39 is 8.80 Å². The molecule has 0 spiro atoms. The third-order valence-corrected chi connectivity index (χ3v) is 7.58. The number of allylic oxidation sites excluding steroid dienone is 2. The number of benzene rings is 2. The van der Waals surface area contributed by atoms with Gasteiger partial charge in [0.1, 0.15) is 0 Å². The van der Waals surface area contributed by atoms with Crippen molar-refractivity contribution in [3.05, 3.63) is 93.5 Å². The molecule has 1 unspecified atom stereocenters. The molecular formula is C20H18Si. The number of fused-ring (bicyclic) bond motifs is 2. The van der Waals surface area contributed by atoms with Gasteiger partial charge in [-0.25, -0.2) is 0 Å². The van der Waals surface area contributed by atoms with Gasteiger partial charge in [0.2, 0.25) is 0 Å². The lowest BCUT2D eigenvalue weighted by Gasteiger charge is -2.18. The zero-order valence-corrected chi connectivity index (χ0v) is 13.6. The molecule has 2 aromatic rings. The molecule has 0 saturated carbocycles. The Balaban J connectivity index is 1.65. The predicted octanol–water partition coefficient (Wildman–Crippen LogP) is 4.61. The Morgan fingerprint density at radius 2 is 1.43 bits per heavy atom. The highest BCUT2D eigenvalue weighted by Gasteiger charge is 2.29. The standard InChI is InChI=1S/C20H18Si/c1-14-19-10-6-5-9-17(19)13-20(14)21(2)18-11-15-7-3-4-8-16(15)12-18/h3-13,21H,1-2H3. The second-order valence-electron chi connectivity index (χ2n) is 5.95. The first-order chi connectivity index (χ1) is 10.2. The molecule has 102 valence electrons. The first kappa shape index (κ1) is 12.8. The molecule has 0 N–H and O–H groups in total. The maximum absolute atomic E-state index is 2.45. The summed E-state index contributed by atoms with van der Waals surface area (Å²) in [6.07, 6.45) is 7.20. The van der Waals surface area contributed by atoms with Crippen LogP contribution in [0.5, 0.6) is 0 Å². The van der Waals surface area contributed by atoms with Crippen molar-refractivity contribution in [1.82, 2.24) is 0 Å². The van der Waals surface area contributed by atoms with Crippen molar-refractivity contribution in [3.8, 4) is 0 Å². The van der Waals surface area contributed by atoms with Crippen LogP contribution in [-0.4, -0.2) is 8.80 Å². The summed E-state index contributed by atoms with van der Waals surface area (Å²) in [5.74, 6) is 1.48. The van der Waals surface area contributed by atoms with E-state index in [1.165, 1.54) is 28.2 Å². The van der Waals surface area contributed by atoms with Crippen LogP contribution >= 0.6 is 0 Å².